The van der Waals surface area contributed by atoms with Gasteiger partial charge < -0.3 is 10.6 Å². The quantitative estimate of drug-likeness (QED) is 0.372. The van der Waals surface area contributed by atoms with Gasteiger partial charge in [0.05, 0.1) is 5.75 Å². The number of sulfonamides is 1. The van der Waals surface area contributed by atoms with Crippen LogP contribution in [-0.2, 0) is 25.4 Å². The van der Waals surface area contributed by atoms with E-state index >= 15 is 0 Å². The van der Waals surface area contributed by atoms with Gasteiger partial charge in [0.25, 0.3) is 5.91 Å². The van der Waals surface area contributed by atoms with Crippen molar-refractivity contribution in [3.8, 4) is 0 Å². The van der Waals surface area contributed by atoms with E-state index in [1.807, 2.05) is 0 Å². The van der Waals surface area contributed by atoms with Crippen molar-refractivity contribution in [2.24, 2.45) is 0 Å². The largest absolute Gasteiger partial charge is 0.326 e. The van der Waals surface area contributed by atoms with E-state index in [-0.39, 0.29) is 43.1 Å². The molecule has 3 rings (SSSR count). The van der Waals surface area contributed by atoms with Gasteiger partial charge in [-0.05, 0) is 37.0 Å². The fourth-order valence-electron chi connectivity index (χ4n) is 3.96. The summed E-state index contributed by atoms with van der Waals surface area (Å²) < 4.78 is 26.2. The standard InChI is InChI=1S/C21H28N4O5S/c1-2-13-22-31(29,30)15-16-7-9-17(10-8-16)23-18(26)6-5-14-25-19(27)21(24-20(25)28)11-3-4-12-21/h2,7-10,22H,1,3-6,11-15H2,(H,23,26)(H,24,28). The monoisotopic (exact) mass is 448 g/mol. The fourth-order valence-corrected chi connectivity index (χ4v) is 5.06. The molecule has 31 heavy (non-hydrogen) atoms. The molecule has 0 radical (unpaired) electrons. The number of rotatable bonds is 10. The van der Waals surface area contributed by atoms with Gasteiger partial charge in [-0.2, -0.15) is 0 Å². The van der Waals surface area contributed by atoms with Gasteiger partial charge in [0.2, 0.25) is 15.9 Å². The number of imide groups is 1. The second-order valence-electron chi connectivity index (χ2n) is 7.92. The topological polar surface area (TPSA) is 125 Å². The van der Waals surface area contributed by atoms with Gasteiger partial charge in [0.1, 0.15) is 5.54 Å². The van der Waals surface area contributed by atoms with Crippen molar-refractivity contribution in [2.45, 2.75) is 49.8 Å². The SMILES string of the molecule is C=CCNS(=O)(=O)Cc1ccc(NC(=O)CCCN2C(=O)NC3(CCCC3)C2=O)cc1. The number of anilines is 1. The van der Waals surface area contributed by atoms with Crippen LogP contribution in [0.2, 0.25) is 0 Å². The maximum absolute atomic E-state index is 12.6. The van der Waals surface area contributed by atoms with Crippen LogP contribution in [0.15, 0.2) is 36.9 Å². The van der Waals surface area contributed by atoms with E-state index < -0.39 is 15.6 Å². The molecule has 0 atom stereocenters. The Labute approximate surface area is 182 Å². The second kappa shape index (κ2) is 9.61. The van der Waals surface area contributed by atoms with Crippen molar-refractivity contribution in [1.82, 2.24) is 14.9 Å². The summed E-state index contributed by atoms with van der Waals surface area (Å²) in [5.74, 6) is -0.582. The molecule has 10 heteroatoms. The van der Waals surface area contributed by atoms with Crippen LogP contribution in [0.25, 0.3) is 0 Å². The van der Waals surface area contributed by atoms with E-state index in [0.717, 1.165) is 12.8 Å². The number of amides is 4. The Balaban J connectivity index is 1.44. The molecule has 9 nitrogen and oxygen atoms in total. The summed E-state index contributed by atoms with van der Waals surface area (Å²) in [5, 5.41) is 5.57. The number of nitrogens with zero attached hydrogens (tertiary/aromatic N) is 1. The Morgan fingerprint density at radius 1 is 1.19 bits per heavy atom. The predicted octanol–water partition coefficient (Wildman–Crippen LogP) is 1.88. The first-order valence-corrected chi connectivity index (χ1v) is 12.0. The van der Waals surface area contributed by atoms with Crippen molar-refractivity contribution in [1.29, 1.82) is 0 Å². The normalized spacial score (nSPS) is 17.7. The van der Waals surface area contributed by atoms with Crippen LogP contribution in [-0.4, -0.2) is 49.8 Å². The van der Waals surface area contributed by atoms with Gasteiger partial charge >= 0.3 is 6.03 Å². The van der Waals surface area contributed by atoms with Crippen LogP contribution in [0.5, 0.6) is 0 Å². The number of carbonyl (C=O) groups excluding carboxylic acids is 3. The first-order valence-electron chi connectivity index (χ1n) is 10.4. The molecular weight excluding hydrogens is 420 g/mol. The molecule has 1 aliphatic heterocycles. The molecule has 0 unspecified atom stereocenters. The fraction of sp³-hybridized carbons (Fsp3) is 0.476. The lowest BCUT2D eigenvalue weighted by Crippen LogP contribution is -2.44. The number of hydrogen-bond acceptors (Lipinski definition) is 5. The van der Waals surface area contributed by atoms with E-state index in [4.69, 9.17) is 0 Å². The van der Waals surface area contributed by atoms with Crippen LogP contribution in [0.3, 0.4) is 0 Å². The summed E-state index contributed by atoms with van der Waals surface area (Å²) in [4.78, 5) is 38.1. The average Bonchev–Trinajstić information content (AvgIpc) is 3.28. The molecule has 4 amide bonds. The lowest BCUT2D eigenvalue weighted by Gasteiger charge is -2.19. The molecule has 1 saturated carbocycles. The molecule has 1 heterocycles. The van der Waals surface area contributed by atoms with Crippen LogP contribution in [0.1, 0.15) is 44.1 Å². The van der Waals surface area contributed by atoms with Crippen molar-refractivity contribution < 1.29 is 22.8 Å². The van der Waals surface area contributed by atoms with Gasteiger partial charge in [0, 0.05) is 25.2 Å². The van der Waals surface area contributed by atoms with E-state index in [1.54, 1.807) is 24.3 Å². The molecule has 3 N–H and O–H groups in total. The molecule has 1 aromatic rings. The van der Waals surface area contributed by atoms with Crippen LogP contribution in [0.4, 0.5) is 10.5 Å². The number of hydrogen-bond donors (Lipinski definition) is 3. The number of nitrogens with one attached hydrogen (secondary N) is 3. The Morgan fingerprint density at radius 2 is 1.87 bits per heavy atom. The summed E-state index contributed by atoms with van der Waals surface area (Å²) in [5.41, 5.74) is 0.412. The zero-order valence-electron chi connectivity index (χ0n) is 17.4. The highest BCUT2D eigenvalue weighted by Gasteiger charge is 2.52. The van der Waals surface area contributed by atoms with Crippen molar-refractivity contribution >= 4 is 33.6 Å². The Kier molecular flexibility index (Phi) is 7.11. The molecular formula is C21H28N4O5S. The van der Waals surface area contributed by atoms with Crippen molar-refractivity contribution in [3.63, 3.8) is 0 Å². The third-order valence-electron chi connectivity index (χ3n) is 5.53. The second-order valence-corrected chi connectivity index (χ2v) is 9.73. The molecule has 1 aliphatic carbocycles. The highest BCUT2D eigenvalue weighted by molar-refractivity contribution is 7.88. The van der Waals surface area contributed by atoms with E-state index in [1.165, 1.54) is 11.0 Å². The molecule has 1 aromatic carbocycles. The maximum atomic E-state index is 12.6. The molecule has 1 saturated heterocycles. The van der Waals surface area contributed by atoms with Crippen LogP contribution < -0.4 is 15.4 Å². The average molecular weight is 449 g/mol. The smallest absolute Gasteiger partial charge is 0.325 e. The number of urea groups is 1. The molecule has 2 aliphatic rings. The first-order chi connectivity index (χ1) is 14.7. The Hall–Kier alpha value is -2.72. The highest BCUT2D eigenvalue weighted by atomic mass is 32.2. The summed E-state index contributed by atoms with van der Waals surface area (Å²) in [6.07, 6.45) is 5.20. The first kappa shape index (κ1) is 23.0. The zero-order chi connectivity index (χ0) is 22.5. The minimum atomic E-state index is -3.44. The van der Waals surface area contributed by atoms with Gasteiger partial charge in [0.15, 0.2) is 0 Å². The molecule has 2 fully saturated rings. The minimum Gasteiger partial charge on any atom is -0.326 e. The van der Waals surface area contributed by atoms with Gasteiger partial charge in [-0.15, -0.1) is 6.58 Å². The van der Waals surface area contributed by atoms with E-state index in [9.17, 15) is 22.8 Å². The zero-order valence-corrected chi connectivity index (χ0v) is 18.2. The van der Waals surface area contributed by atoms with Crippen LogP contribution >= 0.6 is 0 Å². The van der Waals surface area contributed by atoms with Crippen molar-refractivity contribution in [3.05, 3.63) is 42.5 Å². The third-order valence-corrected chi connectivity index (χ3v) is 6.85. The predicted molar refractivity (Wildman–Crippen MR) is 117 cm³/mol. The maximum Gasteiger partial charge on any atom is 0.325 e. The highest BCUT2D eigenvalue weighted by Crippen LogP contribution is 2.35. The lowest BCUT2D eigenvalue weighted by atomic mass is 9.98. The van der Waals surface area contributed by atoms with Gasteiger partial charge in [-0.1, -0.05) is 31.1 Å². The van der Waals surface area contributed by atoms with Gasteiger partial charge in [-0.3, -0.25) is 14.5 Å². The summed E-state index contributed by atoms with van der Waals surface area (Å²) in [6, 6.07) is 6.17. The summed E-state index contributed by atoms with van der Waals surface area (Å²) in [7, 11) is -3.44. The summed E-state index contributed by atoms with van der Waals surface area (Å²) in [6.45, 7) is 3.84. The summed E-state index contributed by atoms with van der Waals surface area (Å²) >= 11 is 0. The molecule has 168 valence electrons. The molecule has 1 spiro atoms. The Morgan fingerprint density at radius 3 is 2.52 bits per heavy atom. The molecule has 0 bridgehead atoms. The molecule has 0 aromatic heterocycles. The van der Waals surface area contributed by atoms with Crippen LogP contribution in [0, 0.1) is 0 Å². The Bertz CT molecular complexity index is 952. The number of benzene rings is 1. The van der Waals surface area contributed by atoms with E-state index in [0.29, 0.717) is 30.5 Å². The lowest BCUT2D eigenvalue weighted by molar-refractivity contribution is -0.131. The minimum absolute atomic E-state index is 0.158. The van der Waals surface area contributed by atoms with Crippen molar-refractivity contribution in [2.75, 3.05) is 18.4 Å². The van der Waals surface area contributed by atoms with Gasteiger partial charge in [-0.25, -0.2) is 17.9 Å². The van der Waals surface area contributed by atoms with E-state index in [2.05, 4.69) is 21.9 Å². The third kappa shape index (κ3) is 5.71. The number of carbonyl (C=O) groups is 3.